The molecule has 7 N–H and O–H groups in total. The Morgan fingerprint density at radius 1 is 0.540 bits per heavy atom. The fourth-order valence-electron chi connectivity index (χ4n) is 7.95. The Morgan fingerprint density at radius 2 is 0.937 bits per heavy atom. The number of carbonyl (C=O) groups is 1. The van der Waals surface area contributed by atoms with E-state index in [2.05, 4.69) is 55.6 Å². The van der Waals surface area contributed by atoms with Gasteiger partial charge in [-0.25, -0.2) is 0 Å². The summed E-state index contributed by atoms with van der Waals surface area (Å²) in [7, 11) is 0. The van der Waals surface area contributed by atoms with Gasteiger partial charge in [-0.2, -0.15) is 0 Å². The van der Waals surface area contributed by atoms with E-state index in [1.54, 1.807) is 6.08 Å². The lowest BCUT2D eigenvalue weighted by Gasteiger charge is -2.40. The lowest BCUT2D eigenvalue weighted by molar-refractivity contribution is -0.302. The van der Waals surface area contributed by atoms with E-state index in [9.17, 15) is 35.4 Å². The third kappa shape index (κ3) is 32.4. The Labute approximate surface area is 385 Å². The maximum absolute atomic E-state index is 13.1. The van der Waals surface area contributed by atoms with Crippen LogP contribution >= 0.6 is 0 Å². The van der Waals surface area contributed by atoms with Crippen LogP contribution in [-0.4, -0.2) is 98.7 Å². The van der Waals surface area contributed by atoms with Crippen molar-refractivity contribution >= 4 is 5.91 Å². The number of nitrogens with one attached hydrogen (secondary N) is 1. The molecule has 0 aromatic heterocycles. The molecule has 1 heterocycles. The second-order valence-electron chi connectivity index (χ2n) is 18.1. The minimum Gasteiger partial charge on any atom is -0.394 e. The molecule has 0 spiro atoms. The van der Waals surface area contributed by atoms with Gasteiger partial charge in [-0.3, -0.25) is 4.79 Å². The van der Waals surface area contributed by atoms with E-state index < -0.39 is 61.5 Å². The van der Waals surface area contributed by atoms with Gasteiger partial charge < -0.3 is 45.4 Å². The fraction of sp³-hybridized carbons (Fsp3) is 0.830. The number of rotatable bonds is 43. The molecule has 8 unspecified atom stereocenters. The first kappa shape index (κ1) is 59.1. The predicted octanol–water partition coefficient (Wildman–Crippen LogP) is 10.8. The smallest absolute Gasteiger partial charge is 0.249 e. The zero-order valence-electron chi connectivity index (χ0n) is 40.2. The highest BCUT2D eigenvalue weighted by molar-refractivity contribution is 5.80. The number of amides is 1. The van der Waals surface area contributed by atoms with Crippen molar-refractivity contribution in [3.05, 3.63) is 48.6 Å². The van der Waals surface area contributed by atoms with E-state index in [4.69, 9.17) is 9.47 Å². The molecule has 1 aliphatic heterocycles. The maximum atomic E-state index is 13.1. The summed E-state index contributed by atoms with van der Waals surface area (Å²) in [4.78, 5) is 13.1. The molecule has 0 aromatic carbocycles. The van der Waals surface area contributed by atoms with Crippen LogP contribution in [0.1, 0.15) is 219 Å². The lowest BCUT2D eigenvalue weighted by Crippen LogP contribution is -2.60. The monoisotopic (exact) mass is 892 g/mol. The zero-order chi connectivity index (χ0) is 46.0. The van der Waals surface area contributed by atoms with Crippen molar-refractivity contribution in [2.24, 2.45) is 0 Å². The highest BCUT2D eigenvalue weighted by Crippen LogP contribution is 2.23. The SMILES string of the molecule is CCCCCCCC/C=C/CC/C=C/CC/C=C/C(O)C(COC1OC(CO)C(O)C(O)C1O)NC(=O)C(O)CCCCCCCC/C=C\CCCCCCCCCCCCCC. The maximum Gasteiger partial charge on any atom is 0.249 e. The summed E-state index contributed by atoms with van der Waals surface area (Å²) < 4.78 is 11.1. The Hall–Kier alpha value is -1.89. The van der Waals surface area contributed by atoms with E-state index in [0.29, 0.717) is 19.3 Å². The van der Waals surface area contributed by atoms with Crippen LogP contribution in [0.25, 0.3) is 0 Å². The number of carbonyl (C=O) groups excluding carboxylic acids is 1. The van der Waals surface area contributed by atoms with Crippen LogP contribution in [0, 0.1) is 0 Å². The molecule has 1 fully saturated rings. The van der Waals surface area contributed by atoms with Crippen LogP contribution in [0.4, 0.5) is 0 Å². The summed E-state index contributed by atoms with van der Waals surface area (Å²) >= 11 is 0. The minimum absolute atomic E-state index is 0.293. The normalized spacial score (nSPS) is 21.0. The quantitative estimate of drug-likeness (QED) is 0.0233. The Morgan fingerprint density at radius 3 is 1.38 bits per heavy atom. The van der Waals surface area contributed by atoms with Crippen molar-refractivity contribution in [2.45, 2.75) is 268 Å². The first-order valence-electron chi connectivity index (χ1n) is 26.0. The predicted molar refractivity (Wildman–Crippen MR) is 259 cm³/mol. The third-order valence-corrected chi connectivity index (χ3v) is 12.2. The Kier molecular flexibility index (Phi) is 40.1. The van der Waals surface area contributed by atoms with E-state index >= 15 is 0 Å². The highest BCUT2D eigenvalue weighted by Gasteiger charge is 2.44. The molecular weight excluding hydrogens is 795 g/mol. The van der Waals surface area contributed by atoms with Gasteiger partial charge in [0.15, 0.2) is 6.29 Å². The molecular formula is C53H97NO9. The van der Waals surface area contributed by atoms with E-state index in [1.165, 1.54) is 135 Å². The third-order valence-electron chi connectivity index (χ3n) is 12.2. The van der Waals surface area contributed by atoms with Crippen molar-refractivity contribution in [3.63, 3.8) is 0 Å². The first-order valence-corrected chi connectivity index (χ1v) is 26.0. The topological polar surface area (TPSA) is 169 Å². The van der Waals surface area contributed by atoms with Crippen LogP contribution < -0.4 is 5.32 Å². The van der Waals surface area contributed by atoms with Crippen LogP contribution in [0.2, 0.25) is 0 Å². The molecule has 10 heteroatoms. The van der Waals surface area contributed by atoms with Gasteiger partial charge in [0.1, 0.15) is 30.5 Å². The molecule has 10 nitrogen and oxygen atoms in total. The molecule has 0 radical (unpaired) electrons. The average Bonchev–Trinajstić information content (AvgIpc) is 3.28. The zero-order valence-corrected chi connectivity index (χ0v) is 40.2. The van der Waals surface area contributed by atoms with Crippen LogP contribution in [-0.2, 0) is 14.3 Å². The number of ether oxygens (including phenoxy) is 2. The molecule has 0 saturated carbocycles. The van der Waals surface area contributed by atoms with Crippen molar-refractivity contribution in [2.75, 3.05) is 13.2 Å². The summed E-state index contributed by atoms with van der Waals surface area (Å²) in [5, 5.41) is 64.8. The molecule has 0 aromatic rings. The van der Waals surface area contributed by atoms with Crippen molar-refractivity contribution in [1.29, 1.82) is 0 Å². The van der Waals surface area contributed by atoms with Gasteiger partial charge in [0, 0.05) is 0 Å². The number of aliphatic hydroxyl groups is 6. The van der Waals surface area contributed by atoms with Crippen LogP contribution in [0.15, 0.2) is 48.6 Å². The van der Waals surface area contributed by atoms with Crippen molar-refractivity contribution in [1.82, 2.24) is 5.32 Å². The van der Waals surface area contributed by atoms with E-state index in [0.717, 1.165) is 51.4 Å². The van der Waals surface area contributed by atoms with Crippen molar-refractivity contribution in [3.8, 4) is 0 Å². The van der Waals surface area contributed by atoms with Gasteiger partial charge in [0.05, 0.1) is 25.4 Å². The number of unbranched alkanes of at least 4 members (excludes halogenated alkanes) is 26. The number of allylic oxidation sites excluding steroid dienone is 7. The number of aliphatic hydroxyl groups excluding tert-OH is 6. The van der Waals surface area contributed by atoms with Crippen LogP contribution in [0.5, 0.6) is 0 Å². The molecule has 368 valence electrons. The second-order valence-corrected chi connectivity index (χ2v) is 18.1. The second kappa shape index (κ2) is 42.7. The molecule has 8 atom stereocenters. The lowest BCUT2D eigenvalue weighted by atomic mass is 9.99. The minimum atomic E-state index is -1.62. The molecule has 0 aliphatic carbocycles. The van der Waals surface area contributed by atoms with Crippen molar-refractivity contribution < 1.29 is 44.9 Å². The summed E-state index contributed by atoms with van der Waals surface area (Å²) in [6, 6.07) is -1.01. The van der Waals surface area contributed by atoms with E-state index in [-0.39, 0.29) is 6.61 Å². The summed E-state index contributed by atoms with van der Waals surface area (Å²) in [6.07, 6.45) is 44.9. The Balaban J connectivity index is 2.36. The molecule has 1 saturated heterocycles. The van der Waals surface area contributed by atoms with Gasteiger partial charge in [-0.1, -0.05) is 197 Å². The number of hydrogen-bond acceptors (Lipinski definition) is 9. The molecule has 63 heavy (non-hydrogen) atoms. The number of hydrogen-bond donors (Lipinski definition) is 7. The van der Waals surface area contributed by atoms with E-state index in [1.807, 2.05) is 6.08 Å². The van der Waals surface area contributed by atoms with Crippen LogP contribution in [0.3, 0.4) is 0 Å². The molecule has 1 amide bonds. The summed E-state index contributed by atoms with van der Waals surface area (Å²) in [5.74, 6) is -0.635. The standard InChI is InChI=1S/C53H97NO9/c1-3-5-7-9-11-13-15-17-19-21-22-23-24-25-26-28-30-32-34-36-38-40-42-47(57)52(61)54-45(44-62-53-51(60)50(59)49(58)48(43-55)63-53)46(56)41-39-37-35-33-31-29-27-20-18-16-14-12-10-8-6-4-2/h18,20,25-26,31,33,39,41,45-51,53,55-60H,3-17,19,21-24,27-30,32,34-38,40,42-44H2,1-2H3,(H,54,61)/b20-18+,26-25-,33-31+,41-39+. The summed E-state index contributed by atoms with van der Waals surface area (Å²) in [5.41, 5.74) is 0. The Bertz CT molecular complexity index is 1140. The van der Waals surface area contributed by atoms with Gasteiger partial charge in [-0.15, -0.1) is 0 Å². The van der Waals surface area contributed by atoms with Gasteiger partial charge in [0.2, 0.25) is 5.91 Å². The van der Waals surface area contributed by atoms with Gasteiger partial charge >= 0.3 is 0 Å². The average molecular weight is 892 g/mol. The van der Waals surface area contributed by atoms with Gasteiger partial charge in [-0.05, 0) is 70.6 Å². The summed E-state index contributed by atoms with van der Waals surface area (Å²) in [6.45, 7) is 3.58. The fourth-order valence-corrected chi connectivity index (χ4v) is 7.95. The highest BCUT2D eigenvalue weighted by atomic mass is 16.7. The molecule has 1 rings (SSSR count). The first-order chi connectivity index (χ1) is 30.8. The molecule has 1 aliphatic rings. The molecule has 0 bridgehead atoms. The largest absolute Gasteiger partial charge is 0.394 e. The van der Waals surface area contributed by atoms with Gasteiger partial charge in [0.25, 0.3) is 0 Å².